The molecule has 3 nitrogen and oxygen atoms in total. The van der Waals surface area contributed by atoms with E-state index in [1.807, 2.05) is 51.1 Å². The maximum Gasteiger partial charge on any atom is 0.227 e. The molecule has 0 aliphatic heterocycles. The van der Waals surface area contributed by atoms with Crippen LogP contribution in [0.25, 0.3) is 0 Å². The van der Waals surface area contributed by atoms with Crippen molar-refractivity contribution in [2.75, 3.05) is 5.32 Å². The fourth-order valence-corrected chi connectivity index (χ4v) is 1.96. The number of hydrogen-bond acceptors (Lipinski definition) is 3. The first-order chi connectivity index (χ1) is 8.88. The Morgan fingerprint density at radius 2 is 1.47 bits per heavy atom. The van der Waals surface area contributed by atoms with Crippen LogP contribution in [0.3, 0.4) is 0 Å². The van der Waals surface area contributed by atoms with E-state index in [1.54, 1.807) is 0 Å². The third kappa shape index (κ3) is 2.99. The van der Waals surface area contributed by atoms with E-state index in [2.05, 4.69) is 5.32 Å². The van der Waals surface area contributed by atoms with E-state index in [0.29, 0.717) is 5.70 Å². The molecule has 98 valence electrons. The third-order valence-corrected chi connectivity index (χ3v) is 2.94. The summed E-state index contributed by atoms with van der Waals surface area (Å²) in [6.07, 6.45) is 2.82. The van der Waals surface area contributed by atoms with Gasteiger partial charge in [0.2, 0.25) is 11.6 Å². The summed E-state index contributed by atoms with van der Waals surface area (Å²) in [4.78, 5) is 23.1. The lowest BCUT2D eigenvalue weighted by molar-refractivity contribution is -0.131. The maximum absolute atomic E-state index is 11.6. The molecule has 19 heavy (non-hydrogen) atoms. The number of ketones is 2. The number of para-hydroxylation sites is 1. The molecule has 0 saturated carbocycles. The number of allylic oxidation sites excluding steroid dienone is 3. The Balaban J connectivity index is 2.36. The number of carbonyl (C=O) groups excluding carboxylic acids is 2. The highest BCUT2D eigenvalue weighted by Gasteiger charge is 2.27. The number of hydrogen-bond donors (Lipinski definition) is 1. The topological polar surface area (TPSA) is 46.2 Å². The SMILES string of the molecule is CC(C)(C)C1=CC(=O)C(=O)C=C1Nc1ccccc1. The van der Waals surface area contributed by atoms with Gasteiger partial charge in [0, 0.05) is 17.5 Å². The van der Waals surface area contributed by atoms with Gasteiger partial charge in [0.25, 0.3) is 0 Å². The monoisotopic (exact) mass is 255 g/mol. The third-order valence-electron chi connectivity index (χ3n) is 2.94. The molecule has 1 aliphatic carbocycles. The second-order valence-electron chi connectivity index (χ2n) is 5.59. The van der Waals surface area contributed by atoms with Crippen molar-refractivity contribution < 1.29 is 9.59 Å². The van der Waals surface area contributed by atoms with Crippen molar-refractivity contribution in [3.63, 3.8) is 0 Å². The van der Waals surface area contributed by atoms with Crippen LogP contribution in [0.15, 0.2) is 53.8 Å². The molecule has 0 atom stereocenters. The molecule has 1 aromatic carbocycles. The molecule has 1 aromatic rings. The number of nitrogens with one attached hydrogen (secondary N) is 1. The summed E-state index contributed by atoms with van der Waals surface area (Å²) in [7, 11) is 0. The molecule has 0 unspecified atom stereocenters. The Morgan fingerprint density at radius 1 is 0.895 bits per heavy atom. The van der Waals surface area contributed by atoms with Gasteiger partial charge in [-0.1, -0.05) is 39.0 Å². The van der Waals surface area contributed by atoms with Crippen molar-refractivity contribution in [1.82, 2.24) is 0 Å². The number of benzene rings is 1. The molecule has 0 saturated heterocycles. The highest BCUT2D eigenvalue weighted by molar-refractivity contribution is 6.47. The molecule has 0 radical (unpaired) electrons. The van der Waals surface area contributed by atoms with Gasteiger partial charge in [0.05, 0.1) is 0 Å². The fraction of sp³-hybridized carbons (Fsp3) is 0.250. The lowest BCUT2D eigenvalue weighted by Gasteiger charge is -2.27. The average Bonchev–Trinajstić information content (AvgIpc) is 2.33. The summed E-state index contributed by atoms with van der Waals surface area (Å²) in [5, 5.41) is 3.21. The van der Waals surface area contributed by atoms with Gasteiger partial charge in [-0.05, 0) is 29.2 Å². The summed E-state index contributed by atoms with van der Waals surface area (Å²) in [6, 6.07) is 9.60. The zero-order chi connectivity index (χ0) is 14.0. The van der Waals surface area contributed by atoms with Crippen LogP contribution in [0.2, 0.25) is 0 Å². The van der Waals surface area contributed by atoms with E-state index in [9.17, 15) is 9.59 Å². The second kappa shape index (κ2) is 4.84. The van der Waals surface area contributed by atoms with Crippen LogP contribution in [0.1, 0.15) is 20.8 Å². The van der Waals surface area contributed by atoms with Crippen LogP contribution in [0, 0.1) is 5.41 Å². The van der Waals surface area contributed by atoms with Crippen molar-refractivity contribution in [2.45, 2.75) is 20.8 Å². The van der Waals surface area contributed by atoms with Crippen molar-refractivity contribution in [3.8, 4) is 0 Å². The number of anilines is 1. The van der Waals surface area contributed by atoms with E-state index in [-0.39, 0.29) is 5.41 Å². The second-order valence-corrected chi connectivity index (χ2v) is 5.59. The Hall–Kier alpha value is -2.16. The van der Waals surface area contributed by atoms with Crippen LogP contribution in [-0.4, -0.2) is 11.6 Å². The highest BCUT2D eigenvalue weighted by Crippen LogP contribution is 2.33. The minimum atomic E-state index is -0.480. The summed E-state index contributed by atoms with van der Waals surface area (Å²) in [5.41, 5.74) is 2.24. The zero-order valence-electron chi connectivity index (χ0n) is 11.4. The lowest BCUT2D eigenvalue weighted by atomic mass is 9.81. The van der Waals surface area contributed by atoms with E-state index in [0.717, 1.165) is 11.3 Å². The van der Waals surface area contributed by atoms with Crippen LogP contribution in [-0.2, 0) is 9.59 Å². The van der Waals surface area contributed by atoms with Crippen LogP contribution in [0.4, 0.5) is 5.69 Å². The van der Waals surface area contributed by atoms with Gasteiger partial charge in [-0.25, -0.2) is 0 Å². The largest absolute Gasteiger partial charge is 0.355 e. The number of rotatable bonds is 2. The molecule has 0 aromatic heterocycles. The van der Waals surface area contributed by atoms with Crippen molar-refractivity contribution in [1.29, 1.82) is 0 Å². The Bertz CT molecular complexity index is 575. The highest BCUT2D eigenvalue weighted by atomic mass is 16.2. The van der Waals surface area contributed by atoms with Gasteiger partial charge >= 0.3 is 0 Å². The fourth-order valence-electron chi connectivity index (χ4n) is 1.96. The summed E-state index contributed by atoms with van der Waals surface area (Å²) < 4.78 is 0. The van der Waals surface area contributed by atoms with Crippen LogP contribution in [0.5, 0.6) is 0 Å². The van der Waals surface area contributed by atoms with Crippen molar-refractivity contribution in [2.24, 2.45) is 5.41 Å². The molecule has 2 rings (SSSR count). The van der Waals surface area contributed by atoms with Crippen LogP contribution < -0.4 is 5.32 Å². The molecule has 0 bridgehead atoms. The van der Waals surface area contributed by atoms with Gasteiger partial charge in [-0.15, -0.1) is 0 Å². The predicted octanol–water partition coefficient (Wildman–Crippen LogP) is 3.11. The first-order valence-corrected chi connectivity index (χ1v) is 6.22. The van der Waals surface area contributed by atoms with Crippen LogP contribution >= 0.6 is 0 Å². The first-order valence-electron chi connectivity index (χ1n) is 6.22. The normalized spacial score (nSPS) is 15.9. The molecule has 1 aliphatic rings. The van der Waals surface area contributed by atoms with E-state index in [1.165, 1.54) is 12.2 Å². The van der Waals surface area contributed by atoms with E-state index >= 15 is 0 Å². The van der Waals surface area contributed by atoms with Gasteiger partial charge < -0.3 is 5.32 Å². The van der Waals surface area contributed by atoms with E-state index < -0.39 is 11.6 Å². The molecular weight excluding hydrogens is 238 g/mol. The number of carbonyl (C=O) groups is 2. The molecule has 0 amide bonds. The molecular formula is C16H17NO2. The minimum absolute atomic E-state index is 0.204. The molecule has 0 heterocycles. The quantitative estimate of drug-likeness (QED) is 0.652. The van der Waals surface area contributed by atoms with Gasteiger partial charge in [-0.3, -0.25) is 9.59 Å². The zero-order valence-corrected chi connectivity index (χ0v) is 11.4. The summed E-state index contributed by atoms with van der Waals surface area (Å²) in [5.74, 6) is -0.935. The van der Waals surface area contributed by atoms with E-state index in [4.69, 9.17) is 0 Å². The smallest absolute Gasteiger partial charge is 0.227 e. The summed E-state index contributed by atoms with van der Waals surface area (Å²) >= 11 is 0. The average molecular weight is 255 g/mol. The standard InChI is InChI=1S/C16H17NO2/c1-16(2,3)12-9-14(18)15(19)10-13(12)17-11-7-5-4-6-8-11/h4-10,17H,1-3H3. The predicted molar refractivity (Wildman–Crippen MR) is 75.7 cm³/mol. The first kappa shape index (κ1) is 13.3. The molecule has 0 spiro atoms. The summed E-state index contributed by atoms with van der Waals surface area (Å²) in [6.45, 7) is 6.05. The lowest BCUT2D eigenvalue weighted by Crippen LogP contribution is -2.24. The Morgan fingerprint density at radius 3 is 2.05 bits per heavy atom. The van der Waals surface area contributed by atoms with Gasteiger partial charge in [0.15, 0.2) is 0 Å². The molecule has 3 heteroatoms. The maximum atomic E-state index is 11.6. The Labute approximate surface area is 113 Å². The van der Waals surface area contributed by atoms with Crippen molar-refractivity contribution >= 4 is 17.3 Å². The Kier molecular flexibility index (Phi) is 3.38. The van der Waals surface area contributed by atoms with Gasteiger partial charge in [0.1, 0.15) is 0 Å². The molecule has 0 fully saturated rings. The minimum Gasteiger partial charge on any atom is -0.355 e. The van der Waals surface area contributed by atoms with Crippen molar-refractivity contribution in [3.05, 3.63) is 53.8 Å². The van der Waals surface area contributed by atoms with Gasteiger partial charge in [-0.2, -0.15) is 0 Å². The molecule has 1 N–H and O–H groups in total.